The van der Waals surface area contributed by atoms with Gasteiger partial charge in [-0.1, -0.05) is 18.2 Å². The van der Waals surface area contributed by atoms with Crippen molar-refractivity contribution in [3.05, 3.63) is 42.0 Å². The van der Waals surface area contributed by atoms with E-state index in [0.717, 1.165) is 25.7 Å². The van der Waals surface area contributed by atoms with Gasteiger partial charge in [-0.05, 0) is 49.8 Å². The van der Waals surface area contributed by atoms with E-state index in [2.05, 4.69) is 11.9 Å². The molecule has 6 nitrogen and oxygen atoms in total. The second kappa shape index (κ2) is 8.33. The van der Waals surface area contributed by atoms with Crippen LogP contribution in [0.25, 0.3) is 0 Å². The Bertz CT molecular complexity index is 759. The van der Waals surface area contributed by atoms with Crippen LogP contribution in [0, 0.1) is 5.92 Å². The van der Waals surface area contributed by atoms with Gasteiger partial charge in [0.15, 0.2) is 0 Å². The number of carbonyl (C=O) groups excluding carboxylic acids is 1. The maximum absolute atomic E-state index is 12.7. The molecule has 0 spiro atoms. The first-order valence-corrected chi connectivity index (χ1v) is 10.5. The minimum Gasteiger partial charge on any atom is -0.379 e. The molecule has 1 N–H and O–H groups in total. The lowest BCUT2D eigenvalue weighted by atomic mass is 9.86. The summed E-state index contributed by atoms with van der Waals surface area (Å²) in [6.45, 7) is 6.09. The summed E-state index contributed by atoms with van der Waals surface area (Å²) >= 11 is 0. The molecule has 0 atom stereocenters. The number of benzene rings is 1. The summed E-state index contributed by atoms with van der Waals surface area (Å²) in [7, 11) is -3.60. The van der Waals surface area contributed by atoms with Crippen molar-refractivity contribution in [3.63, 3.8) is 0 Å². The maximum atomic E-state index is 12.7. The molecule has 1 amide bonds. The number of hydrogen-bond acceptors (Lipinski definition) is 4. The first-order valence-electron chi connectivity index (χ1n) is 9.09. The van der Waals surface area contributed by atoms with E-state index >= 15 is 0 Å². The van der Waals surface area contributed by atoms with Gasteiger partial charge < -0.3 is 10.1 Å². The highest BCUT2D eigenvalue weighted by Crippen LogP contribution is 2.26. The molecule has 7 heteroatoms. The smallest absolute Gasteiger partial charge is 0.251 e. The number of amides is 1. The predicted molar refractivity (Wildman–Crippen MR) is 99.5 cm³/mol. The lowest BCUT2D eigenvalue weighted by molar-refractivity contribution is 0.0730. The van der Waals surface area contributed by atoms with Crippen molar-refractivity contribution in [2.24, 2.45) is 5.92 Å². The zero-order chi connectivity index (χ0) is 18.6. The highest BCUT2D eigenvalue weighted by Gasteiger charge is 2.27. The van der Waals surface area contributed by atoms with E-state index in [4.69, 9.17) is 4.74 Å². The minimum atomic E-state index is -3.60. The Labute approximate surface area is 155 Å². The molecule has 2 fully saturated rings. The zero-order valence-electron chi connectivity index (χ0n) is 14.9. The van der Waals surface area contributed by atoms with E-state index in [1.165, 1.54) is 22.0 Å². The van der Waals surface area contributed by atoms with Crippen LogP contribution in [0.4, 0.5) is 0 Å². The Hall–Kier alpha value is -1.70. The third kappa shape index (κ3) is 4.52. The number of rotatable bonds is 5. The molecule has 1 saturated heterocycles. The van der Waals surface area contributed by atoms with Gasteiger partial charge in [-0.2, -0.15) is 4.31 Å². The summed E-state index contributed by atoms with van der Waals surface area (Å²) in [5.74, 6) is 0.234. The Balaban J connectivity index is 1.64. The van der Waals surface area contributed by atoms with Gasteiger partial charge in [0.1, 0.15) is 0 Å². The standard InChI is InChI=1S/C19H26N2O4S/c1-15-5-7-16(8-6-15)14-20-19(22)17-3-2-4-18(13-17)26(23,24)21-9-11-25-12-10-21/h2-4,13,16H,1,5-12,14H2,(H,20,22). The Kier molecular flexibility index (Phi) is 6.11. The summed E-state index contributed by atoms with van der Waals surface area (Å²) in [6.07, 6.45) is 4.14. The number of carbonyl (C=O) groups is 1. The van der Waals surface area contributed by atoms with Crippen LogP contribution in [0.15, 0.2) is 41.3 Å². The lowest BCUT2D eigenvalue weighted by Gasteiger charge is -2.26. The first kappa shape index (κ1) is 19.1. The van der Waals surface area contributed by atoms with E-state index < -0.39 is 10.0 Å². The number of morpholine rings is 1. The van der Waals surface area contributed by atoms with Crippen molar-refractivity contribution in [1.82, 2.24) is 9.62 Å². The molecule has 0 bridgehead atoms. The van der Waals surface area contributed by atoms with Gasteiger partial charge >= 0.3 is 0 Å². The van der Waals surface area contributed by atoms with Gasteiger partial charge in [0, 0.05) is 25.2 Å². The topological polar surface area (TPSA) is 75.7 Å². The number of hydrogen-bond donors (Lipinski definition) is 1. The molecule has 3 rings (SSSR count). The maximum Gasteiger partial charge on any atom is 0.251 e. The summed E-state index contributed by atoms with van der Waals surface area (Å²) in [5, 5.41) is 2.94. The molecule has 1 aromatic carbocycles. The van der Waals surface area contributed by atoms with Gasteiger partial charge in [-0.25, -0.2) is 8.42 Å². The average molecular weight is 378 g/mol. The molecule has 0 unspecified atom stereocenters. The highest BCUT2D eigenvalue weighted by molar-refractivity contribution is 7.89. The van der Waals surface area contributed by atoms with E-state index in [9.17, 15) is 13.2 Å². The molecule has 142 valence electrons. The van der Waals surface area contributed by atoms with Gasteiger partial charge in [0.05, 0.1) is 18.1 Å². The molecule has 26 heavy (non-hydrogen) atoms. The fourth-order valence-corrected chi connectivity index (χ4v) is 4.82. The van der Waals surface area contributed by atoms with E-state index in [-0.39, 0.29) is 10.8 Å². The molecule has 1 aliphatic carbocycles. The van der Waals surface area contributed by atoms with E-state index in [0.29, 0.717) is 44.3 Å². The predicted octanol–water partition coefficient (Wildman–Crippen LogP) is 2.18. The molecule has 1 saturated carbocycles. The zero-order valence-corrected chi connectivity index (χ0v) is 15.8. The molecular weight excluding hydrogens is 352 g/mol. The van der Waals surface area contributed by atoms with Crippen LogP contribution in [0.5, 0.6) is 0 Å². The number of nitrogens with zero attached hydrogens (tertiary/aromatic N) is 1. The van der Waals surface area contributed by atoms with Crippen LogP contribution in [-0.4, -0.2) is 51.5 Å². The number of ether oxygens (including phenoxy) is 1. The van der Waals surface area contributed by atoms with Crippen molar-refractivity contribution >= 4 is 15.9 Å². The fraction of sp³-hybridized carbons (Fsp3) is 0.526. The van der Waals surface area contributed by atoms with Crippen molar-refractivity contribution in [3.8, 4) is 0 Å². The second-order valence-electron chi connectivity index (χ2n) is 6.95. The van der Waals surface area contributed by atoms with E-state index in [1.807, 2.05) is 0 Å². The first-order chi connectivity index (χ1) is 12.5. The third-order valence-corrected chi connectivity index (χ3v) is 6.96. The highest BCUT2D eigenvalue weighted by atomic mass is 32.2. The monoisotopic (exact) mass is 378 g/mol. The lowest BCUT2D eigenvalue weighted by Crippen LogP contribution is -2.40. The quantitative estimate of drug-likeness (QED) is 0.797. The third-order valence-electron chi connectivity index (χ3n) is 5.07. The minimum absolute atomic E-state index is 0.154. The van der Waals surface area contributed by atoms with Crippen LogP contribution in [-0.2, 0) is 14.8 Å². The largest absolute Gasteiger partial charge is 0.379 e. The van der Waals surface area contributed by atoms with Crippen molar-refractivity contribution < 1.29 is 17.9 Å². The summed E-state index contributed by atoms with van der Waals surface area (Å²) in [6, 6.07) is 6.26. The molecule has 1 heterocycles. The van der Waals surface area contributed by atoms with Crippen molar-refractivity contribution in [1.29, 1.82) is 0 Å². The molecule has 2 aliphatic rings. The average Bonchev–Trinajstić information content (AvgIpc) is 2.68. The van der Waals surface area contributed by atoms with Crippen molar-refractivity contribution in [2.75, 3.05) is 32.8 Å². The van der Waals surface area contributed by atoms with Gasteiger partial charge in [-0.3, -0.25) is 4.79 Å². The molecule has 0 radical (unpaired) electrons. The van der Waals surface area contributed by atoms with Crippen molar-refractivity contribution in [2.45, 2.75) is 30.6 Å². The Morgan fingerprint density at radius 1 is 1.23 bits per heavy atom. The number of nitrogens with one attached hydrogen (secondary N) is 1. The Morgan fingerprint density at radius 2 is 1.92 bits per heavy atom. The molecule has 1 aliphatic heterocycles. The van der Waals surface area contributed by atoms with Crippen LogP contribution < -0.4 is 5.32 Å². The van der Waals surface area contributed by atoms with E-state index in [1.54, 1.807) is 12.1 Å². The van der Waals surface area contributed by atoms with Crippen LogP contribution >= 0.6 is 0 Å². The van der Waals surface area contributed by atoms with Crippen LogP contribution in [0.2, 0.25) is 0 Å². The van der Waals surface area contributed by atoms with Gasteiger partial charge in [0.2, 0.25) is 10.0 Å². The summed E-state index contributed by atoms with van der Waals surface area (Å²) in [5.41, 5.74) is 1.66. The number of sulfonamides is 1. The molecule has 0 aromatic heterocycles. The SMILES string of the molecule is C=C1CCC(CNC(=O)c2cccc(S(=O)(=O)N3CCOCC3)c2)CC1. The normalized spacial score (nSPS) is 20.1. The number of allylic oxidation sites excluding steroid dienone is 1. The Morgan fingerprint density at radius 3 is 2.62 bits per heavy atom. The molecule has 1 aromatic rings. The fourth-order valence-electron chi connectivity index (χ4n) is 3.36. The second-order valence-corrected chi connectivity index (χ2v) is 8.89. The van der Waals surface area contributed by atoms with Gasteiger partial charge in [-0.15, -0.1) is 0 Å². The molecular formula is C19H26N2O4S. The van der Waals surface area contributed by atoms with Crippen LogP contribution in [0.3, 0.4) is 0 Å². The van der Waals surface area contributed by atoms with Gasteiger partial charge in [0.25, 0.3) is 5.91 Å². The van der Waals surface area contributed by atoms with Crippen LogP contribution in [0.1, 0.15) is 36.0 Å². The summed E-state index contributed by atoms with van der Waals surface area (Å²) < 4.78 is 32.1. The summed E-state index contributed by atoms with van der Waals surface area (Å²) in [4.78, 5) is 12.6.